The molecule has 0 bridgehead atoms. The molecule has 0 aliphatic heterocycles. The Bertz CT molecular complexity index is 432. The van der Waals surface area contributed by atoms with E-state index in [0.717, 1.165) is 5.56 Å². The van der Waals surface area contributed by atoms with Crippen molar-refractivity contribution in [2.45, 2.75) is 45.4 Å². The predicted octanol–water partition coefficient (Wildman–Crippen LogP) is 5.80. The fourth-order valence-electron chi connectivity index (χ4n) is 1.72. The van der Waals surface area contributed by atoms with Crippen LogP contribution in [0.5, 0.6) is 0 Å². The summed E-state index contributed by atoms with van der Waals surface area (Å²) in [5.41, 5.74) is 1.11. The summed E-state index contributed by atoms with van der Waals surface area (Å²) >= 11 is 0. The molecule has 0 radical (unpaired) electrons. The van der Waals surface area contributed by atoms with Gasteiger partial charge in [0.05, 0.1) is 6.16 Å². The zero-order chi connectivity index (χ0) is 14.7. The Morgan fingerprint density at radius 2 is 1.58 bits per heavy atom. The van der Waals surface area contributed by atoms with Crippen molar-refractivity contribution >= 4 is 32.9 Å². The third-order valence-corrected chi connectivity index (χ3v) is 17.9. The first-order valence-corrected chi connectivity index (χ1v) is 17.4. The molecular formula is C13H25O2PSSi2. The van der Waals surface area contributed by atoms with E-state index in [2.05, 4.69) is 39.3 Å². The van der Waals surface area contributed by atoms with Crippen LogP contribution >= 0.6 is 17.4 Å². The van der Waals surface area contributed by atoms with Gasteiger partial charge in [0, 0.05) is 0 Å². The smallest absolute Gasteiger partial charge is 0.246 e. The lowest BCUT2D eigenvalue weighted by Crippen LogP contribution is -2.25. The molecule has 0 aliphatic carbocycles. The van der Waals surface area contributed by atoms with Crippen LogP contribution in [-0.2, 0) is 14.9 Å². The van der Waals surface area contributed by atoms with Gasteiger partial charge in [-0.3, -0.25) is 4.57 Å². The molecule has 1 aromatic carbocycles. The van der Waals surface area contributed by atoms with Crippen molar-refractivity contribution < 1.29 is 8.78 Å². The number of hydrogen-bond acceptors (Lipinski definition) is 3. The Kier molecular flexibility index (Phi) is 5.73. The van der Waals surface area contributed by atoms with E-state index in [1.54, 1.807) is 10.8 Å². The normalized spacial score (nSPS) is 16.1. The van der Waals surface area contributed by atoms with E-state index in [0.29, 0.717) is 6.16 Å². The summed E-state index contributed by atoms with van der Waals surface area (Å²) in [6.45, 7) is 10.4. The van der Waals surface area contributed by atoms with Gasteiger partial charge in [-0.05, 0) is 25.2 Å². The summed E-state index contributed by atoms with van der Waals surface area (Å²) in [6.07, 6.45) is 0.549. The van der Waals surface area contributed by atoms with E-state index < -0.39 is 22.1 Å². The molecule has 0 spiro atoms. The van der Waals surface area contributed by atoms with E-state index >= 15 is 0 Å². The maximum absolute atomic E-state index is 13.2. The molecular weight excluding hydrogens is 307 g/mol. The van der Waals surface area contributed by atoms with Crippen molar-refractivity contribution in [1.82, 2.24) is 0 Å². The summed E-state index contributed by atoms with van der Waals surface area (Å²) in [4.78, 5) is 0. The van der Waals surface area contributed by atoms with Gasteiger partial charge in [0.2, 0.25) is 6.57 Å². The Hall–Kier alpha value is 0.194. The van der Waals surface area contributed by atoms with Gasteiger partial charge in [-0.1, -0.05) is 60.8 Å². The Labute approximate surface area is 123 Å². The molecule has 1 aromatic rings. The number of benzene rings is 1. The van der Waals surface area contributed by atoms with E-state index in [1.165, 1.54) is 0 Å². The van der Waals surface area contributed by atoms with Crippen molar-refractivity contribution in [3.63, 3.8) is 0 Å². The number of rotatable bonds is 6. The minimum Gasteiger partial charge on any atom is -0.363 e. The van der Waals surface area contributed by atoms with Gasteiger partial charge in [-0.25, -0.2) is 0 Å². The highest BCUT2D eigenvalue weighted by Crippen LogP contribution is 2.66. The van der Waals surface area contributed by atoms with Crippen LogP contribution in [0.15, 0.2) is 30.3 Å². The van der Waals surface area contributed by atoms with Gasteiger partial charge in [0.25, 0.3) is 0 Å². The zero-order valence-electron chi connectivity index (χ0n) is 12.8. The van der Waals surface area contributed by atoms with Crippen molar-refractivity contribution in [2.24, 2.45) is 0 Å². The lowest BCUT2D eigenvalue weighted by molar-refractivity contribution is 0.498. The van der Waals surface area contributed by atoms with Crippen LogP contribution < -0.4 is 0 Å². The third-order valence-electron chi connectivity index (χ3n) is 2.04. The first-order chi connectivity index (χ1) is 8.49. The van der Waals surface area contributed by atoms with E-state index in [-0.39, 0.29) is 0 Å². The molecule has 1 atom stereocenters. The first-order valence-electron chi connectivity index (χ1n) is 6.54. The molecule has 0 heterocycles. The lowest BCUT2D eigenvalue weighted by atomic mass is 10.2. The highest BCUT2D eigenvalue weighted by Gasteiger charge is 2.36. The Morgan fingerprint density at radius 1 is 1.05 bits per heavy atom. The van der Waals surface area contributed by atoms with E-state index in [4.69, 9.17) is 4.21 Å². The van der Waals surface area contributed by atoms with Crippen LogP contribution in [0.4, 0.5) is 0 Å². The largest absolute Gasteiger partial charge is 0.363 e. The minimum atomic E-state index is -2.64. The lowest BCUT2D eigenvalue weighted by Gasteiger charge is -2.30. The average Bonchev–Trinajstić information content (AvgIpc) is 2.11. The van der Waals surface area contributed by atoms with Crippen molar-refractivity contribution in [3.05, 3.63) is 35.9 Å². The molecule has 6 heteroatoms. The van der Waals surface area contributed by atoms with Crippen molar-refractivity contribution in [2.75, 3.05) is 0 Å². The highest BCUT2D eigenvalue weighted by molar-refractivity contribution is 8.71. The van der Waals surface area contributed by atoms with Gasteiger partial charge in [-0.2, -0.15) is 0 Å². The summed E-state index contributed by atoms with van der Waals surface area (Å²) in [5, 5.41) is 0. The third kappa shape index (κ3) is 7.52. The zero-order valence-corrected chi connectivity index (χ0v) is 16.5. The molecule has 0 N–H and O–H groups in total. The topological polar surface area (TPSA) is 26.3 Å². The summed E-state index contributed by atoms with van der Waals surface area (Å²) < 4.78 is 19.3. The second kappa shape index (κ2) is 6.31. The van der Waals surface area contributed by atoms with E-state index in [9.17, 15) is 4.57 Å². The van der Waals surface area contributed by atoms with E-state index in [1.807, 2.05) is 30.3 Å². The van der Waals surface area contributed by atoms with Crippen LogP contribution in [-0.4, -0.2) is 15.5 Å². The molecule has 2 nitrogen and oxygen atoms in total. The highest BCUT2D eigenvalue weighted by atomic mass is 32.9. The van der Waals surface area contributed by atoms with Crippen LogP contribution in [0.1, 0.15) is 5.56 Å². The average molecular weight is 333 g/mol. The first kappa shape index (κ1) is 17.2. The molecule has 0 aromatic heterocycles. The molecule has 0 saturated heterocycles. The van der Waals surface area contributed by atoms with Gasteiger partial charge in [0.1, 0.15) is 7.22 Å². The van der Waals surface area contributed by atoms with Crippen LogP contribution in [0, 0.1) is 0 Å². The maximum atomic E-state index is 13.2. The van der Waals surface area contributed by atoms with Gasteiger partial charge in [0.15, 0.2) is 8.32 Å². The molecule has 1 rings (SSSR count). The summed E-state index contributed by atoms with van der Waals surface area (Å²) in [7, 11) is -1.67. The molecule has 0 fully saturated rings. The fraction of sp³-hybridized carbons (Fsp3) is 0.538. The fourth-order valence-corrected chi connectivity index (χ4v) is 21.6. The predicted molar refractivity (Wildman–Crippen MR) is 93.1 cm³/mol. The van der Waals surface area contributed by atoms with Gasteiger partial charge in [-0.15, -0.1) is 0 Å². The molecule has 0 saturated carbocycles. The van der Waals surface area contributed by atoms with Gasteiger partial charge >= 0.3 is 0 Å². The Balaban J connectivity index is 2.96. The number of hydrogen-bond donors (Lipinski definition) is 0. The Morgan fingerprint density at radius 3 is 2.00 bits per heavy atom. The maximum Gasteiger partial charge on any atom is 0.246 e. The van der Waals surface area contributed by atoms with Crippen LogP contribution in [0.25, 0.3) is 0 Å². The molecule has 0 amide bonds. The second-order valence-corrected chi connectivity index (χ2v) is 25.1. The van der Waals surface area contributed by atoms with Crippen molar-refractivity contribution in [3.8, 4) is 0 Å². The van der Waals surface area contributed by atoms with Crippen LogP contribution in [0.2, 0.25) is 39.3 Å². The summed E-state index contributed by atoms with van der Waals surface area (Å²) in [6, 6.07) is 10.0. The van der Waals surface area contributed by atoms with Crippen molar-refractivity contribution in [1.29, 1.82) is 0 Å². The molecule has 0 aliphatic rings. The quantitative estimate of drug-likeness (QED) is 0.486. The standard InChI is InChI=1S/C13H25O2PSSi2/c1-18(2,3)15-16(14,17-19(4,5)6)12-13-10-8-7-9-11-13/h7-11H,12H2,1-6H3. The summed E-state index contributed by atoms with van der Waals surface area (Å²) in [5.74, 6) is 0. The SMILES string of the molecule is C[Si](C)(C)OP(=O)(Cc1ccccc1)S[Si](C)(C)C. The van der Waals surface area contributed by atoms with Crippen LogP contribution in [0.3, 0.4) is 0 Å². The molecule has 19 heavy (non-hydrogen) atoms. The second-order valence-electron chi connectivity index (χ2n) is 6.66. The minimum absolute atomic E-state index is 0.549. The van der Waals surface area contributed by atoms with Gasteiger partial charge < -0.3 is 4.21 Å². The monoisotopic (exact) mass is 332 g/mol. The molecule has 108 valence electrons. The molecule has 1 unspecified atom stereocenters.